The zero-order chi connectivity index (χ0) is 10.1. The van der Waals surface area contributed by atoms with Gasteiger partial charge in [-0.2, -0.15) is 0 Å². The van der Waals surface area contributed by atoms with E-state index in [1.165, 1.54) is 12.8 Å². The Labute approximate surface area is 86.5 Å². The molecule has 1 aliphatic carbocycles. The third kappa shape index (κ3) is 2.19. The summed E-state index contributed by atoms with van der Waals surface area (Å²) in [5.74, 6) is 0.769. The van der Waals surface area contributed by atoms with Crippen molar-refractivity contribution in [1.29, 1.82) is 0 Å². The molecule has 0 saturated heterocycles. The Hall–Kier alpha value is -0.170. The van der Waals surface area contributed by atoms with E-state index in [0.29, 0.717) is 5.41 Å². The van der Waals surface area contributed by atoms with Crippen LogP contribution in [0, 0.1) is 11.3 Å². The van der Waals surface area contributed by atoms with Gasteiger partial charge in [0.05, 0.1) is 0 Å². The van der Waals surface area contributed by atoms with Gasteiger partial charge in [-0.15, -0.1) is 11.8 Å². The smallest absolute Gasteiger partial charge is 0.0113 e. The Kier molecular flexibility index (Phi) is 3.28. The molecule has 0 fully saturated rings. The predicted molar refractivity (Wildman–Crippen MR) is 62.7 cm³/mol. The van der Waals surface area contributed by atoms with Crippen molar-refractivity contribution in [3.05, 3.63) is 22.5 Å². The molecule has 1 heteroatoms. The van der Waals surface area contributed by atoms with E-state index in [-0.39, 0.29) is 0 Å². The summed E-state index contributed by atoms with van der Waals surface area (Å²) in [6.07, 6.45) is 2.51. The number of allylic oxidation sites excluding steroid dienone is 2. The molecule has 0 aromatic heterocycles. The lowest BCUT2D eigenvalue weighted by Gasteiger charge is -2.29. The Morgan fingerprint density at radius 2 is 2.08 bits per heavy atom. The van der Waals surface area contributed by atoms with Crippen LogP contribution < -0.4 is 0 Å². The second-order valence-electron chi connectivity index (χ2n) is 4.65. The topological polar surface area (TPSA) is 0 Å². The van der Waals surface area contributed by atoms with Gasteiger partial charge in [-0.3, -0.25) is 0 Å². The van der Waals surface area contributed by atoms with Gasteiger partial charge in [0.25, 0.3) is 0 Å². The molecule has 0 amide bonds. The fraction of sp³-hybridized carbons (Fsp3) is 0.667. The third-order valence-corrected chi connectivity index (χ3v) is 4.27. The lowest BCUT2D eigenvalue weighted by Crippen LogP contribution is -2.19. The molecule has 0 radical (unpaired) electrons. The molecule has 0 nitrogen and oxygen atoms in total. The second kappa shape index (κ2) is 3.91. The van der Waals surface area contributed by atoms with E-state index in [4.69, 9.17) is 0 Å². The zero-order valence-corrected chi connectivity index (χ0v) is 10.0. The van der Waals surface area contributed by atoms with Crippen molar-refractivity contribution in [1.82, 2.24) is 0 Å². The molecule has 1 atom stereocenters. The number of hydrogen-bond acceptors (Lipinski definition) is 1. The molecule has 74 valence electrons. The highest BCUT2D eigenvalue weighted by atomic mass is 32.2. The fourth-order valence-corrected chi connectivity index (χ4v) is 2.82. The van der Waals surface area contributed by atoms with E-state index in [1.54, 1.807) is 10.5 Å². The lowest BCUT2D eigenvalue weighted by atomic mass is 9.76. The molecule has 0 N–H and O–H groups in total. The van der Waals surface area contributed by atoms with Crippen molar-refractivity contribution in [3.8, 4) is 0 Å². The summed E-state index contributed by atoms with van der Waals surface area (Å²) >= 11 is 1.81. The van der Waals surface area contributed by atoms with Gasteiger partial charge in [-0.05, 0) is 41.4 Å². The van der Waals surface area contributed by atoms with E-state index >= 15 is 0 Å². The molecule has 0 saturated carbocycles. The highest BCUT2D eigenvalue weighted by Gasteiger charge is 2.35. The molecule has 13 heavy (non-hydrogen) atoms. The first-order chi connectivity index (χ1) is 5.99. The van der Waals surface area contributed by atoms with Crippen LogP contribution in [0.1, 0.15) is 40.5 Å². The summed E-state index contributed by atoms with van der Waals surface area (Å²) in [4.78, 5) is 1.55. The predicted octanol–water partition coefficient (Wildman–Crippen LogP) is 4.59. The van der Waals surface area contributed by atoms with Crippen molar-refractivity contribution in [2.75, 3.05) is 0 Å². The minimum Gasteiger partial charge on any atom is -0.103 e. The molecular formula is C12H20S. The summed E-state index contributed by atoms with van der Waals surface area (Å²) in [5, 5.41) is 1.95. The maximum absolute atomic E-state index is 3.78. The summed E-state index contributed by atoms with van der Waals surface area (Å²) in [6, 6.07) is 0. The van der Waals surface area contributed by atoms with E-state index in [1.807, 2.05) is 17.2 Å². The minimum atomic E-state index is 0.495. The van der Waals surface area contributed by atoms with Gasteiger partial charge >= 0.3 is 0 Å². The van der Waals surface area contributed by atoms with Gasteiger partial charge in [-0.25, -0.2) is 0 Å². The maximum Gasteiger partial charge on any atom is -0.0113 e. The molecule has 1 rings (SSSR count). The van der Waals surface area contributed by atoms with Gasteiger partial charge in [0.15, 0.2) is 0 Å². The van der Waals surface area contributed by atoms with E-state index < -0.39 is 0 Å². The van der Waals surface area contributed by atoms with Crippen LogP contribution >= 0.6 is 11.8 Å². The Bertz CT molecular complexity index is 238. The standard InChI is InChI=1S/C12H20S/c1-6-13-11-8-12(5,9(2)3)7-10(11)4/h6,9H,1,7-8H2,2-5H3. The van der Waals surface area contributed by atoms with Gasteiger partial charge in [0.1, 0.15) is 0 Å². The third-order valence-electron chi connectivity index (χ3n) is 3.33. The number of rotatable bonds is 3. The van der Waals surface area contributed by atoms with E-state index in [9.17, 15) is 0 Å². The van der Waals surface area contributed by atoms with Crippen LogP contribution in [0.25, 0.3) is 0 Å². The second-order valence-corrected chi connectivity index (χ2v) is 5.71. The largest absolute Gasteiger partial charge is 0.103 e. The van der Waals surface area contributed by atoms with Crippen molar-refractivity contribution in [2.45, 2.75) is 40.5 Å². The molecule has 0 aromatic carbocycles. The molecule has 1 aliphatic rings. The van der Waals surface area contributed by atoms with Gasteiger partial charge < -0.3 is 0 Å². The summed E-state index contributed by atoms with van der Waals surface area (Å²) in [6.45, 7) is 13.1. The minimum absolute atomic E-state index is 0.495. The molecular weight excluding hydrogens is 176 g/mol. The van der Waals surface area contributed by atoms with Crippen LogP contribution in [0.5, 0.6) is 0 Å². The Morgan fingerprint density at radius 1 is 1.46 bits per heavy atom. The Balaban J connectivity index is 2.72. The summed E-state index contributed by atoms with van der Waals surface area (Å²) in [7, 11) is 0. The Morgan fingerprint density at radius 3 is 2.46 bits per heavy atom. The summed E-state index contributed by atoms with van der Waals surface area (Å²) in [5.41, 5.74) is 2.07. The van der Waals surface area contributed by atoms with Gasteiger partial charge in [-0.1, -0.05) is 32.9 Å². The van der Waals surface area contributed by atoms with E-state index in [2.05, 4.69) is 34.3 Å². The molecule has 0 heterocycles. The SMILES string of the molecule is C=CSC1=C(C)CC(C)(C(C)C)C1. The van der Waals surface area contributed by atoms with Crippen molar-refractivity contribution >= 4 is 11.8 Å². The maximum atomic E-state index is 3.78. The average molecular weight is 196 g/mol. The quantitative estimate of drug-likeness (QED) is 0.636. The molecule has 0 aliphatic heterocycles. The van der Waals surface area contributed by atoms with Crippen molar-refractivity contribution in [2.24, 2.45) is 11.3 Å². The number of thioether (sulfide) groups is 1. The first-order valence-corrected chi connectivity index (χ1v) is 5.84. The van der Waals surface area contributed by atoms with Crippen LogP contribution in [0.4, 0.5) is 0 Å². The summed E-state index contributed by atoms with van der Waals surface area (Å²) < 4.78 is 0. The monoisotopic (exact) mass is 196 g/mol. The first kappa shape index (κ1) is 10.9. The highest BCUT2D eigenvalue weighted by molar-refractivity contribution is 8.05. The van der Waals surface area contributed by atoms with Crippen LogP contribution in [-0.4, -0.2) is 0 Å². The van der Waals surface area contributed by atoms with E-state index in [0.717, 1.165) is 5.92 Å². The van der Waals surface area contributed by atoms with Crippen LogP contribution in [0.15, 0.2) is 22.5 Å². The molecule has 1 unspecified atom stereocenters. The van der Waals surface area contributed by atoms with Crippen molar-refractivity contribution < 1.29 is 0 Å². The first-order valence-electron chi connectivity index (χ1n) is 4.96. The average Bonchev–Trinajstić information content (AvgIpc) is 2.29. The van der Waals surface area contributed by atoms with Crippen molar-refractivity contribution in [3.63, 3.8) is 0 Å². The molecule has 0 aromatic rings. The van der Waals surface area contributed by atoms with Crippen LogP contribution in [-0.2, 0) is 0 Å². The number of hydrogen-bond donors (Lipinski definition) is 0. The van der Waals surface area contributed by atoms with Crippen LogP contribution in [0.3, 0.4) is 0 Å². The molecule has 0 spiro atoms. The fourth-order valence-electron chi connectivity index (χ4n) is 1.94. The highest BCUT2D eigenvalue weighted by Crippen LogP contribution is 2.50. The zero-order valence-electron chi connectivity index (χ0n) is 9.18. The van der Waals surface area contributed by atoms with Gasteiger partial charge in [0.2, 0.25) is 0 Å². The van der Waals surface area contributed by atoms with Gasteiger partial charge in [0, 0.05) is 0 Å². The van der Waals surface area contributed by atoms with Crippen LogP contribution in [0.2, 0.25) is 0 Å². The normalized spacial score (nSPS) is 28.7. The lowest BCUT2D eigenvalue weighted by molar-refractivity contribution is 0.235. The molecule has 0 bridgehead atoms.